The second-order valence-corrected chi connectivity index (χ2v) is 5.48. The van der Waals surface area contributed by atoms with Gasteiger partial charge >= 0.3 is 0 Å². The molecule has 1 aromatic carbocycles. The van der Waals surface area contributed by atoms with E-state index in [9.17, 15) is 0 Å². The van der Waals surface area contributed by atoms with Crippen molar-refractivity contribution in [3.05, 3.63) is 57.8 Å². The van der Waals surface area contributed by atoms with Gasteiger partial charge in [-0.05, 0) is 31.2 Å². The summed E-state index contributed by atoms with van der Waals surface area (Å²) >= 11 is 12.3. The molecular formula is C15H13Cl2N3. The molecule has 0 bridgehead atoms. The number of nitrogens with one attached hydrogen (secondary N) is 2. The molecule has 0 unspecified atom stereocenters. The molecular weight excluding hydrogens is 293 g/mol. The van der Waals surface area contributed by atoms with Crippen LogP contribution < -0.4 is 5.32 Å². The molecule has 0 amide bonds. The van der Waals surface area contributed by atoms with Crippen molar-refractivity contribution in [2.45, 2.75) is 13.5 Å². The molecule has 0 atom stereocenters. The highest BCUT2D eigenvalue weighted by Gasteiger charge is 2.06. The van der Waals surface area contributed by atoms with E-state index in [0.717, 1.165) is 28.0 Å². The Kier molecular flexibility index (Phi) is 3.55. The van der Waals surface area contributed by atoms with E-state index in [2.05, 4.69) is 27.4 Å². The van der Waals surface area contributed by atoms with E-state index < -0.39 is 0 Å². The number of nitrogens with zero attached hydrogens (tertiary/aromatic N) is 1. The lowest BCUT2D eigenvalue weighted by Crippen LogP contribution is -2.01. The number of anilines is 1. The standard InChI is InChI=1S/C15H13Cl2N3/c1-9-5-10-6-11(7-19-15(10)20-9)18-8-12-13(16)3-2-4-14(12)17/h2-7,18H,8H2,1H3,(H,19,20). The van der Waals surface area contributed by atoms with Gasteiger partial charge in [-0.25, -0.2) is 4.98 Å². The zero-order valence-electron chi connectivity index (χ0n) is 10.9. The van der Waals surface area contributed by atoms with Crippen LogP contribution in [0.4, 0.5) is 5.69 Å². The molecule has 0 saturated carbocycles. The molecule has 2 heterocycles. The summed E-state index contributed by atoms with van der Waals surface area (Å²) in [5, 5.41) is 5.71. The lowest BCUT2D eigenvalue weighted by atomic mass is 10.2. The van der Waals surface area contributed by atoms with Crippen LogP contribution in [0.3, 0.4) is 0 Å². The molecule has 3 aromatic rings. The largest absolute Gasteiger partial charge is 0.380 e. The van der Waals surface area contributed by atoms with Crippen LogP contribution in [0.2, 0.25) is 10.0 Å². The number of hydrogen-bond donors (Lipinski definition) is 2. The lowest BCUT2D eigenvalue weighted by molar-refractivity contribution is 1.14. The minimum Gasteiger partial charge on any atom is -0.380 e. The van der Waals surface area contributed by atoms with Crippen molar-refractivity contribution >= 4 is 39.9 Å². The molecule has 0 saturated heterocycles. The second kappa shape index (κ2) is 5.35. The molecule has 2 N–H and O–H groups in total. The summed E-state index contributed by atoms with van der Waals surface area (Å²) in [7, 11) is 0. The smallest absolute Gasteiger partial charge is 0.137 e. The highest BCUT2D eigenvalue weighted by atomic mass is 35.5. The molecule has 102 valence electrons. The summed E-state index contributed by atoms with van der Waals surface area (Å²) in [4.78, 5) is 7.57. The van der Waals surface area contributed by atoms with Crippen molar-refractivity contribution in [1.82, 2.24) is 9.97 Å². The van der Waals surface area contributed by atoms with Gasteiger partial charge in [0.25, 0.3) is 0 Å². The van der Waals surface area contributed by atoms with Crippen molar-refractivity contribution in [2.75, 3.05) is 5.32 Å². The normalized spacial score (nSPS) is 10.9. The topological polar surface area (TPSA) is 40.7 Å². The molecule has 2 aromatic heterocycles. The summed E-state index contributed by atoms with van der Waals surface area (Å²) in [5.41, 5.74) is 3.82. The molecule has 5 heteroatoms. The van der Waals surface area contributed by atoms with Gasteiger partial charge in [0.15, 0.2) is 0 Å². The number of aromatic nitrogens is 2. The first-order valence-corrected chi connectivity index (χ1v) is 7.01. The van der Waals surface area contributed by atoms with Gasteiger partial charge in [0.1, 0.15) is 5.65 Å². The van der Waals surface area contributed by atoms with Gasteiger partial charge in [-0.15, -0.1) is 0 Å². The maximum Gasteiger partial charge on any atom is 0.137 e. The number of fused-ring (bicyclic) bond motifs is 1. The first kappa shape index (κ1) is 13.3. The maximum atomic E-state index is 6.15. The Bertz CT molecular complexity index is 745. The Hall–Kier alpha value is -1.71. The molecule has 0 aliphatic rings. The minimum absolute atomic E-state index is 0.565. The molecule has 0 aliphatic carbocycles. The SMILES string of the molecule is Cc1cc2cc(NCc3c(Cl)cccc3Cl)cnc2[nH]1. The van der Waals surface area contributed by atoms with E-state index in [1.807, 2.05) is 25.1 Å². The minimum atomic E-state index is 0.565. The number of H-pyrrole nitrogens is 1. The van der Waals surface area contributed by atoms with Crippen LogP contribution in [0.15, 0.2) is 36.5 Å². The maximum absolute atomic E-state index is 6.15. The van der Waals surface area contributed by atoms with Crippen LogP contribution in [0.25, 0.3) is 11.0 Å². The highest BCUT2D eigenvalue weighted by molar-refractivity contribution is 6.36. The van der Waals surface area contributed by atoms with Gasteiger partial charge in [0, 0.05) is 33.2 Å². The van der Waals surface area contributed by atoms with Crippen LogP contribution >= 0.6 is 23.2 Å². The van der Waals surface area contributed by atoms with Gasteiger partial charge in [-0.3, -0.25) is 0 Å². The molecule has 3 nitrogen and oxygen atoms in total. The van der Waals surface area contributed by atoms with E-state index in [-0.39, 0.29) is 0 Å². The first-order valence-electron chi connectivity index (χ1n) is 6.25. The third kappa shape index (κ3) is 2.60. The van der Waals surface area contributed by atoms with Crippen molar-refractivity contribution in [3.63, 3.8) is 0 Å². The predicted octanol–water partition coefficient (Wildman–Crippen LogP) is 4.79. The quantitative estimate of drug-likeness (QED) is 0.730. The molecule has 0 fully saturated rings. The van der Waals surface area contributed by atoms with Gasteiger partial charge < -0.3 is 10.3 Å². The average molecular weight is 306 g/mol. The van der Waals surface area contributed by atoms with E-state index in [0.29, 0.717) is 16.6 Å². The third-order valence-corrected chi connectivity index (χ3v) is 3.84. The highest BCUT2D eigenvalue weighted by Crippen LogP contribution is 2.25. The Morgan fingerprint density at radius 1 is 1.20 bits per heavy atom. The number of hydrogen-bond acceptors (Lipinski definition) is 2. The number of halogens is 2. The third-order valence-electron chi connectivity index (χ3n) is 3.14. The number of benzene rings is 1. The fourth-order valence-electron chi connectivity index (χ4n) is 2.14. The average Bonchev–Trinajstić information content (AvgIpc) is 2.77. The van der Waals surface area contributed by atoms with Crippen LogP contribution in [-0.2, 0) is 6.54 Å². The van der Waals surface area contributed by atoms with Crippen molar-refractivity contribution in [1.29, 1.82) is 0 Å². The van der Waals surface area contributed by atoms with Crippen LogP contribution in [0.1, 0.15) is 11.3 Å². The van der Waals surface area contributed by atoms with E-state index in [1.54, 1.807) is 6.20 Å². The number of rotatable bonds is 3. The number of pyridine rings is 1. The zero-order valence-corrected chi connectivity index (χ0v) is 12.4. The number of aryl methyl sites for hydroxylation is 1. The second-order valence-electron chi connectivity index (χ2n) is 4.67. The molecule has 20 heavy (non-hydrogen) atoms. The summed E-state index contributed by atoms with van der Waals surface area (Å²) in [6.45, 7) is 2.58. The van der Waals surface area contributed by atoms with Crippen LogP contribution in [0.5, 0.6) is 0 Å². The molecule has 0 spiro atoms. The van der Waals surface area contributed by atoms with Gasteiger partial charge in [-0.2, -0.15) is 0 Å². The Balaban J connectivity index is 1.83. The summed E-state index contributed by atoms with van der Waals surface area (Å²) in [6.07, 6.45) is 1.79. The fraction of sp³-hybridized carbons (Fsp3) is 0.133. The lowest BCUT2D eigenvalue weighted by Gasteiger charge is -2.09. The summed E-state index contributed by atoms with van der Waals surface area (Å²) < 4.78 is 0. The van der Waals surface area contributed by atoms with Crippen LogP contribution in [0, 0.1) is 6.92 Å². The monoisotopic (exact) mass is 305 g/mol. The molecule has 3 rings (SSSR count). The predicted molar refractivity (Wildman–Crippen MR) is 84.6 cm³/mol. The first-order chi connectivity index (χ1) is 9.63. The van der Waals surface area contributed by atoms with Gasteiger partial charge in [0.2, 0.25) is 0 Å². The molecule has 0 aliphatic heterocycles. The van der Waals surface area contributed by atoms with Crippen molar-refractivity contribution in [3.8, 4) is 0 Å². The zero-order chi connectivity index (χ0) is 14.1. The summed E-state index contributed by atoms with van der Waals surface area (Å²) in [6, 6.07) is 9.62. The summed E-state index contributed by atoms with van der Waals surface area (Å²) in [5.74, 6) is 0. The molecule has 0 radical (unpaired) electrons. The van der Waals surface area contributed by atoms with Crippen molar-refractivity contribution in [2.24, 2.45) is 0 Å². The van der Waals surface area contributed by atoms with Crippen molar-refractivity contribution < 1.29 is 0 Å². The Morgan fingerprint density at radius 2 is 1.95 bits per heavy atom. The Labute approximate surface area is 126 Å². The van der Waals surface area contributed by atoms with E-state index in [4.69, 9.17) is 23.2 Å². The Morgan fingerprint density at radius 3 is 2.70 bits per heavy atom. The van der Waals surface area contributed by atoms with Gasteiger partial charge in [-0.1, -0.05) is 29.3 Å². The van der Waals surface area contributed by atoms with E-state index >= 15 is 0 Å². The van der Waals surface area contributed by atoms with E-state index in [1.165, 1.54) is 0 Å². The fourth-order valence-corrected chi connectivity index (χ4v) is 2.67. The van der Waals surface area contributed by atoms with Gasteiger partial charge in [0.05, 0.1) is 11.9 Å². The van der Waals surface area contributed by atoms with Crippen LogP contribution in [-0.4, -0.2) is 9.97 Å². The number of aromatic amines is 1.